The van der Waals surface area contributed by atoms with E-state index in [2.05, 4.69) is 17.0 Å². The van der Waals surface area contributed by atoms with Crippen LogP contribution in [-0.2, 0) is 10.0 Å². The third-order valence-corrected chi connectivity index (χ3v) is 4.50. The van der Waals surface area contributed by atoms with E-state index in [1.807, 2.05) is 13.8 Å². The number of hydrogen-bond donors (Lipinski definition) is 2. The average Bonchev–Trinajstić information content (AvgIpc) is 2.43. The molecule has 0 saturated heterocycles. The quantitative estimate of drug-likeness (QED) is 0.771. The molecule has 0 aliphatic rings. The minimum absolute atomic E-state index is 0.317. The molecule has 19 heavy (non-hydrogen) atoms. The Morgan fingerprint density at radius 3 is 2.32 bits per heavy atom. The van der Waals surface area contributed by atoms with E-state index in [0.717, 1.165) is 25.1 Å². The van der Waals surface area contributed by atoms with Crippen LogP contribution in [-0.4, -0.2) is 21.5 Å². The third-order valence-electron chi connectivity index (χ3n) is 3.06. The Kier molecular flexibility index (Phi) is 6.31. The molecule has 2 N–H and O–H groups in total. The molecule has 1 rings (SSSR count). The molecule has 1 atom stereocenters. The number of nitrogens with one attached hydrogen (secondary N) is 2. The maximum Gasteiger partial charge on any atom is 0.240 e. The lowest BCUT2D eigenvalue weighted by atomic mass is 10.1. The number of sulfonamides is 1. The first-order valence-electron chi connectivity index (χ1n) is 6.83. The Morgan fingerprint density at radius 2 is 1.79 bits per heavy atom. The lowest BCUT2D eigenvalue weighted by Crippen LogP contribution is -2.28. The second kappa shape index (κ2) is 7.50. The summed E-state index contributed by atoms with van der Waals surface area (Å²) in [7, 11) is -3.38. The topological polar surface area (TPSA) is 58.2 Å². The molecule has 0 fully saturated rings. The van der Waals surface area contributed by atoms with Crippen LogP contribution in [0, 0.1) is 5.92 Å². The van der Waals surface area contributed by atoms with E-state index in [9.17, 15) is 8.42 Å². The zero-order valence-corrected chi connectivity index (χ0v) is 12.8. The maximum atomic E-state index is 12.0. The highest BCUT2D eigenvalue weighted by Gasteiger charge is 2.14. The van der Waals surface area contributed by atoms with Crippen molar-refractivity contribution >= 4 is 15.7 Å². The van der Waals surface area contributed by atoms with Gasteiger partial charge >= 0.3 is 0 Å². The summed E-state index contributed by atoms with van der Waals surface area (Å²) in [5.74, 6) is 0.347. The fourth-order valence-corrected chi connectivity index (χ4v) is 2.67. The lowest BCUT2D eigenvalue weighted by Gasteiger charge is -2.11. The van der Waals surface area contributed by atoms with Gasteiger partial charge in [0.1, 0.15) is 0 Å². The summed E-state index contributed by atoms with van der Waals surface area (Å²) in [5, 5.41) is 3.22. The van der Waals surface area contributed by atoms with Gasteiger partial charge in [0.15, 0.2) is 0 Å². The first-order valence-corrected chi connectivity index (χ1v) is 8.31. The standard InChI is InChI=1S/C14H24N2O2S/c1-4-10-15-13-6-8-14(9-7-13)19(17,18)16-11-12(3)5-2/h6-9,12,15-16H,4-5,10-11H2,1-3H3. The molecule has 1 aromatic carbocycles. The van der Waals surface area contributed by atoms with E-state index in [1.165, 1.54) is 0 Å². The van der Waals surface area contributed by atoms with Crippen LogP contribution >= 0.6 is 0 Å². The highest BCUT2D eigenvalue weighted by Crippen LogP contribution is 2.14. The van der Waals surface area contributed by atoms with Crippen LogP contribution in [0.2, 0.25) is 0 Å². The van der Waals surface area contributed by atoms with Crippen molar-refractivity contribution < 1.29 is 8.42 Å². The predicted molar refractivity (Wildman–Crippen MR) is 79.9 cm³/mol. The molecule has 0 aliphatic carbocycles. The van der Waals surface area contributed by atoms with Crippen LogP contribution in [0.25, 0.3) is 0 Å². The van der Waals surface area contributed by atoms with Gasteiger partial charge in [-0.1, -0.05) is 27.2 Å². The Labute approximate surface area is 116 Å². The summed E-state index contributed by atoms with van der Waals surface area (Å²) in [5.41, 5.74) is 0.947. The molecule has 0 heterocycles. The van der Waals surface area contributed by atoms with Crippen molar-refractivity contribution in [3.8, 4) is 0 Å². The molecule has 0 aliphatic heterocycles. The SMILES string of the molecule is CCCNc1ccc(S(=O)(=O)NCC(C)CC)cc1. The van der Waals surface area contributed by atoms with Gasteiger partial charge in [-0.3, -0.25) is 0 Å². The normalized spacial score (nSPS) is 13.2. The minimum Gasteiger partial charge on any atom is -0.385 e. The van der Waals surface area contributed by atoms with Gasteiger partial charge in [0.05, 0.1) is 4.90 Å². The van der Waals surface area contributed by atoms with E-state index in [4.69, 9.17) is 0 Å². The minimum atomic E-state index is -3.38. The molecule has 108 valence electrons. The van der Waals surface area contributed by atoms with Gasteiger partial charge < -0.3 is 5.32 Å². The summed E-state index contributed by atoms with van der Waals surface area (Å²) in [4.78, 5) is 0.317. The first-order chi connectivity index (χ1) is 8.99. The van der Waals surface area contributed by atoms with Crippen LogP contribution in [0.5, 0.6) is 0 Å². The zero-order chi connectivity index (χ0) is 14.3. The summed E-state index contributed by atoms with van der Waals surface area (Å²) < 4.78 is 26.7. The number of benzene rings is 1. The van der Waals surface area contributed by atoms with Gasteiger partial charge in [-0.25, -0.2) is 13.1 Å². The van der Waals surface area contributed by atoms with Gasteiger partial charge in [0.2, 0.25) is 10.0 Å². The molecule has 0 bridgehead atoms. The van der Waals surface area contributed by atoms with Crippen LogP contribution in [0.3, 0.4) is 0 Å². The number of rotatable bonds is 8. The molecule has 0 radical (unpaired) electrons. The maximum absolute atomic E-state index is 12.0. The average molecular weight is 284 g/mol. The summed E-state index contributed by atoms with van der Waals surface area (Å²) in [6.45, 7) is 7.53. The molecule has 1 aromatic rings. The molecular formula is C14H24N2O2S. The highest BCUT2D eigenvalue weighted by molar-refractivity contribution is 7.89. The predicted octanol–water partition coefficient (Wildman–Crippen LogP) is 2.83. The van der Waals surface area contributed by atoms with Crippen LogP contribution in [0.15, 0.2) is 29.2 Å². The first kappa shape index (κ1) is 16.0. The van der Waals surface area contributed by atoms with Crippen LogP contribution < -0.4 is 10.0 Å². The van der Waals surface area contributed by atoms with Gasteiger partial charge in [-0.05, 0) is 36.6 Å². The Morgan fingerprint density at radius 1 is 1.16 bits per heavy atom. The van der Waals surface area contributed by atoms with Gasteiger partial charge in [0, 0.05) is 18.8 Å². The van der Waals surface area contributed by atoms with Crippen molar-refractivity contribution in [3.05, 3.63) is 24.3 Å². The van der Waals surface area contributed by atoms with Crippen LogP contribution in [0.1, 0.15) is 33.6 Å². The highest BCUT2D eigenvalue weighted by atomic mass is 32.2. The van der Waals surface area contributed by atoms with E-state index >= 15 is 0 Å². The van der Waals surface area contributed by atoms with E-state index in [-0.39, 0.29) is 0 Å². The number of hydrogen-bond acceptors (Lipinski definition) is 3. The monoisotopic (exact) mass is 284 g/mol. The molecule has 0 saturated carbocycles. The fourth-order valence-electron chi connectivity index (χ4n) is 1.50. The van der Waals surface area contributed by atoms with E-state index in [0.29, 0.717) is 17.4 Å². The van der Waals surface area contributed by atoms with Crippen molar-refractivity contribution in [2.75, 3.05) is 18.4 Å². The summed E-state index contributed by atoms with van der Waals surface area (Å²) >= 11 is 0. The Balaban J connectivity index is 2.68. The molecule has 1 unspecified atom stereocenters. The van der Waals surface area contributed by atoms with Crippen molar-refractivity contribution in [3.63, 3.8) is 0 Å². The van der Waals surface area contributed by atoms with Crippen LogP contribution in [0.4, 0.5) is 5.69 Å². The van der Waals surface area contributed by atoms with E-state index < -0.39 is 10.0 Å². The zero-order valence-electron chi connectivity index (χ0n) is 11.9. The lowest BCUT2D eigenvalue weighted by molar-refractivity contribution is 0.528. The molecule has 0 aromatic heterocycles. The second-order valence-electron chi connectivity index (χ2n) is 4.82. The van der Waals surface area contributed by atoms with Crippen molar-refractivity contribution in [2.45, 2.75) is 38.5 Å². The Bertz CT molecular complexity index is 469. The smallest absolute Gasteiger partial charge is 0.240 e. The largest absolute Gasteiger partial charge is 0.385 e. The van der Waals surface area contributed by atoms with Gasteiger partial charge in [-0.2, -0.15) is 0 Å². The molecule has 5 heteroatoms. The van der Waals surface area contributed by atoms with Crippen molar-refractivity contribution in [2.24, 2.45) is 5.92 Å². The molecule has 0 spiro atoms. The van der Waals surface area contributed by atoms with E-state index in [1.54, 1.807) is 24.3 Å². The van der Waals surface area contributed by atoms with Gasteiger partial charge in [0.25, 0.3) is 0 Å². The molecule has 4 nitrogen and oxygen atoms in total. The Hall–Kier alpha value is -1.07. The fraction of sp³-hybridized carbons (Fsp3) is 0.571. The second-order valence-corrected chi connectivity index (χ2v) is 6.58. The van der Waals surface area contributed by atoms with Gasteiger partial charge in [-0.15, -0.1) is 0 Å². The molecular weight excluding hydrogens is 260 g/mol. The van der Waals surface area contributed by atoms with Crippen molar-refractivity contribution in [1.29, 1.82) is 0 Å². The molecule has 0 amide bonds. The number of anilines is 1. The summed E-state index contributed by atoms with van der Waals surface area (Å²) in [6, 6.07) is 6.87. The van der Waals surface area contributed by atoms with Crippen molar-refractivity contribution in [1.82, 2.24) is 4.72 Å². The third kappa shape index (κ3) is 5.20. The summed E-state index contributed by atoms with van der Waals surface area (Å²) in [6.07, 6.45) is 2.00.